The van der Waals surface area contributed by atoms with Crippen LogP contribution in [0.1, 0.15) is 66.2 Å². The van der Waals surface area contributed by atoms with Crippen LogP contribution in [0.4, 0.5) is 0 Å². The van der Waals surface area contributed by atoms with Crippen molar-refractivity contribution in [2.24, 2.45) is 0 Å². The Kier molecular flexibility index (Phi) is 3.39. The van der Waals surface area contributed by atoms with E-state index >= 15 is 0 Å². The van der Waals surface area contributed by atoms with Crippen LogP contribution in [0.3, 0.4) is 0 Å². The molecule has 1 rings (SSSR count). The summed E-state index contributed by atoms with van der Waals surface area (Å²) in [4.78, 5) is 0. The van der Waals surface area contributed by atoms with Crippen molar-refractivity contribution in [2.45, 2.75) is 77.4 Å². The van der Waals surface area contributed by atoms with E-state index in [4.69, 9.17) is 4.74 Å². The normalized spacial score (nSPS) is 23.1. The standard InChI is InChI=1S/C12H24O/c1-5-12(13-11(2,3)4)9-7-6-8-10-12/h5-10H2,1-4H3. The molecule has 1 saturated carbocycles. The van der Waals surface area contributed by atoms with Gasteiger partial charge in [-0.3, -0.25) is 0 Å². The minimum Gasteiger partial charge on any atom is -0.369 e. The average molecular weight is 184 g/mol. The molecular formula is C12H24O. The fourth-order valence-electron chi connectivity index (χ4n) is 2.37. The zero-order valence-electron chi connectivity index (χ0n) is 9.65. The van der Waals surface area contributed by atoms with E-state index in [9.17, 15) is 0 Å². The molecule has 1 aliphatic rings. The summed E-state index contributed by atoms with van der Waals surface area (Å²) in [5.41, 5.74) is 0.226. The van der Waals surface area contributed by atoms with Crippen molar-refractivity contribution in [3.05, 3.63) is 0 Å². The largest absolute Gasteiger partial charge is 0.369 e. The Labute approximate surface area is 82.9 Å². The third kappa shape index (κ3) is 3.30. The Balaban J connectivity index is 2.57. The lowest BCUT2D eigenvalue weighted by Crippen LogP contribution is -2.41. The zero-order chi connectivity index (χ0) is 9.95. The van der Waals surface area contributed by atoms with Gasteiger partial charge in [0, 0.05) is 0 Å². The van der Waals surface area contributed by atoms with Crippen LogP contribution in [0.25, 0.3) is 0 Å². The van der Waals surface area contributed by atoms with E-state index in [1.54, 1.807) is 0 Å². The van der Waals surface area contributed by atoms with Crippen molar-refractivity contribution in [1.29, 1.82) is 0 Å². The Morgan fingerprint density at radius 3 is 2.00 bits per heavy atom. The minimum atomic E-state index is 0.0212. The predicted molar refractivity (Wildman–Crippen MR) is 56.9 cm³/mol. The first-order valence-corrected chi connectivity index (χ1v) is 5.68. The monoisotopic (exact) mass is 184 g/mol. The van der Waals surface area contributed by atoms with Gasteiger partial charge >= 0.3 is 0 Å². The number of hydrogen-bond acceptors (Lipinski definition) is 1. The van der Waals surface area contributed by atoms with Crippen molar-refractivity contribution < 1.29 is 4.74 Å². The Hall–Kier alpha value is -0.0400. The summed E-state index contributed by atoms with van der Waals surface area (Å²) in [5, 5.41) is 0. The average Bonchev–Trinajstić information content (AvgIpc) is 2.03. The molecule has 13 heavy (non-hydrogen) atoms. The fraction of sp³-hybridized carbons (Fsp3) is 1.00. The van der Waals surface area contributed by atoms with E-state index in [2.05, 4.69) is 27.7 Å². The molecular weight excluding hydrogens is 160 g/mol. The summed E-state index contributed by atoms with van der Waals surface area (Å²) in [6.07, 6.45) is 7.80. The van der Waals surface area contributed by atoms with Crippen molar-refractivity contribution in [3.8, 4) is 0 Å². The summed E-state index contributed by atoms with van der Waals surface area (Å²) < 4.78 is 6.22. The van der Waals surface area contributed by atoms with Crippen LogP contribution in [0, 0.1) is 0 Å². The quantitative estimate of drug-likeness (QED) is 0.632. The maximum Gasteiger partial charge on any atom is 0.0687 e. The highest BCUT2D eigenvalue weighted by Gasteiger charge is 2.34. The molecule has 0 heterocycles. The molecule has 1 aliphatic carbocycles. The van der Waals surface area contributed by atoms with E-state index in [1.807, 2.05) is 0 Å². The van der Waals surface area contributed by atoms with Crippen LogP contribution in [0.2, 0.25) is 0 Å². The Morgan fingerprint density at radius 2 is 1.62 bits per heavy atom. The van der Waals surface area contributed by atoms with Gasteiger partial charge < -0.3 is 4.74 Å². The second kappa shape index (κ2) is 4.00. The molecule has 0 spiro atoms. The van der Waals surface area contributed by atoms with E-state index in [0.717, 1.165) is 0 Å². The van der Waals surface area contributed by atoms with Crippen molar-refractivity contribution in [2.75, 3.05) is 0 Å². The zero-order valence-corrected chi connectivity index (χ0v) is 9.65. The van der Waals surface area contributed by atoms with Gasteiger partial charge in [0.2, 0.25) is 0 Å². The highest BCUT2D eigenvalue weighted by atomic mass is 16.5. The molecule has 0 aromatic carbocycles. The first-order valence-electron chi connectivity index (χ1n) is 5.68. The maximum atomic E-state index is 6.22. The maximum absolute atomic E-state index is 6.22. The molecule has 1 fully saturated rings. The van der Waals surface area contributed by atoms with Gasteiger partial charge in [-0.2, -0.15) is 0 Å². The summed E-state index contributed by atoms with van der Waals surface area (Å²) in [7, 11) is 0. The molecule has 78 valence electrons. The van der Waals surface area contributed by atoms with Gasteiger partial charge in [0.1, 0.15) is 0 Å². The molecule has 0 unspecified atom stereocenters. The smallest absolute Gasteiger partial charge is 0.0687 e. The fourth-order valence-corrected chi connectivity index (χ4v) is 2.37. The first-order chi connectivity index (χ1) is 5.97. The number of ether oxygens (including phenoxy) is 1. The van der Waals surface area contributed by atoms with Gasteiger partial charge in [0.25, 0.3) is 0 Å². The predicted octanol–water partition coefficient (Wildman–Crippen LogP) is 3.91. The van der Waals surface area contributed by atoms with Gasteiger partial charge in [-0.1, -0.05) is 26.2 Å². The van der Waals surface area contributed by atoms with Crippen molar-refractivity contribution in [3.63, 3.8) is 0 Å². The van der Waals surface area contributed by atoms with Crippen LogP contribution in [-0.4, -0.2) is 11.2 Å². The molecule has 0 atom stereocenters. The lowest BCUT2D eigenvalue weighted by molar-refractivity contribution is -0.150. The Morgan fingerprint density at radius 1 is 1.08 bits per heavy atom. The number of hydrogen-bond donors (Lipinski definition) is 0. The van der Waals surface area contributed by atoms with Crippen LogP contribution in [0.5, 0.6) is 0 Å². The van der Waals surface area contributed by atoms with E-state index in [0.29, 0.717) is 0 Å². The molecule has 0 radical (unpaired) electrons. The van der Waals surface area contributed by atoms with Crippen LogP contribution in [0.15, 0.2) is 0 Å². The van der Waals surface area contributed by atoms with Gasteiger partial charge in [0.05, 0.1) is 11.2 Å². The summed E-state index contributed by atoms with van der Waals surface area (Å²) in [5.74, 6) is 0. The topological polar surface area (TPSA) is 9.23 Å². The van der Waals surface area contributed by atoms with Gasteiger partial charge in [0.15, 0.2) is 0 Å². The Bertz CT molecular complexity index is 149. The third-order valence-corrected chi connectivity index (χ3v) is 2.93. The lowest BCUT2D eigenvalue weighted by Gasteiger charge is -2.41. The van der Waals surface area contributed by atoms with E-state index in [-0.39, 0.29) is 11.2 Å². The SMILES string of the molecule is CCC1(OC(C)(C)C)CCCCC1. The molecule has 0 aliphatic heterocycles. The second-order valence-corrected chi connectivity index (χ2v) is 5.31. The molecule has 0 aromatic rings. The second-order valence-electron chi connectivity index (χ2n) is 5.31. The third-order valence-electron chi connectivity index (χ3n) is 2.93. The summed E-state index contributed by atoms with van der Waals surface area (Å²) >= 11 is 0. The molecule has 1 heteroatoms. The molecule has 0 bridgehead atoms. The molecule has 0 aromatic heterocycles. The van der Waals surface area contributed by atoms with Crippen LogP contribution in [-0.2, 0) is 4.74 Å². The first kappa shape index (κ1) is 11.0. The van der Waals surface area contributed by atoms with Crippen molar-refractivity contribution >= 4 is 0 Å². The highest BCUT2D eigenvalue weighted by Crippen LogP contribution is 2.37. The van der Waals surface area contributed by atoms with Crippen LogP contribution < -0.4 is 0 Å². The summed E-state index contributed by atoms with van der Waals surface area (Å²) in [6.45, 7) is 8.76. The summed E-state index contributed by atoms with van der Waals surface area (Å²) in [6, 6.07) is 0. The van der Waals surface area contributed by atoms with E-state index in [1.165, 1.54) is 38.5 Å². The van der Waals surface area contributed by atoms with Crippen LogP contribution >= 0.6 is 0 Å². The molecule has 0 amide bonds. The highest BCUT2D eigenvalue weighted by molar-refractivity contribution is 4.85. The van der Waals surface area contributed by atoms with Gasteiger partial charge in [-0.25, -0.2) is 0 Å². The molecule has 0 saturated heterocycles. The number of rotatable bonds is 2. The molecule has 0 N–H and O–H groups in total. The van der Waals surface area contributed by atoms with Gasteiger partial charge in [-0.15, -0.1) is 0 Å². The molecule has 1 nitrogen and oxygen atoms in total. The van der Waals surface area contributed by atoms with Gasteiger partial charge in [-0.05, 0) is 40.0 Å². The lowest BCUT2D eigenvalue weighted by atomic mass is 9.82. The van der Waals surface area contributed by atoms with Crippen molar-refractivity contribution in [1.82, 2.24) is 0 Å². The minimum absolute atomic E-state index is 0.0212. The van der Waals surface area contributed by atoms with E-state index < -0.39 is 0 Å².